The minimum absolute atomic E-state index is 0.803. The summed E-state index contributed by atoms with van der Waals surface area (Å²) in [7, 11) is 0. The van der Waals surface area contributed by atoms with Gasteiger partial charge in [0.2, 0.25) is 0 Å². The van der Waals surface area contributed by atoms with Gasteiger partial charge in [-0.25, -0.2) is 4.79 Å². The third-order valence-electron chi connectivity index (χ3n) is 1.57. The Bertz CT molecular complexity index is 274. The Morgan fingerprint density at radius 1 is 1.50 bits per heavy atom. The summed E-state index contributed by atoms with van der Waals surface area (Å²) in [4.78, 5) is 10.2. The van der Waals surface area contributed by atoms with Gasteiger partial charge in [0.1, 0.15) is 0 Å². The Kier molecular flexibility index (Phi) is 3.11. The lowest BCUT2D eigenvalue weighted by Gasteiger charge is -2.05. The van der Waals surface area contributed by atoms with Crippen LogP contribution >= 0.6 is 11.6 Å². The summed E-state index contributed by atoms with van der Waals surface area (Å²) in [6.07, 6.45) is 8.00. The van der Waals surface area contributed by atoms with Crippen molar-refractivity contribution >= 4 is 17.6 Å². The molecule has 1 rings (SSSR count). The summed E-state index contributed by atoms with van der Waals surface area (Å²) < 4.78 is 0. The molecular weight excluding hydrogens is 176 g/mol. The van der Waals surface area contributed by atoms with E-state index in [1.165, 1.54) is 0 Å². The van der Waals surface area contributed by atoms with Crippen molar-refractivity contribution in [2.24, 2.45) is 0 Å². The molecule has 1 aliphatic carbocycles. The molecule has 0 radical (unpaired) electrons. The molecule has 0 amide bonds. The molecule has 0 aromatic rings. The zero-order valence-corrected chi connectivity index (χ0v) is 7.21. The summed E-state index contributed by atoms with van der Waals surface area (Å²) in [5, 5.41) is 9.16. The first kappa shape index (κ1) is 9.07. The van der Waals surface area contributed by atoms with Gasteiger partial charge in [0.15, 0.2) is 0 Å². The van der Waals surface area contributed by atoms with Crippen molar-refractivity contribution < 1.29 is 9.90 Å². The second-order valence-corrected chi connectivity index (χ2v) is 3.01. The van der Waals surface area contributed by atoms with E-state index in [2.05, 4.69) is 0 Å². The Morgan fingerprint density at radius 2 is 2.25 bits per heavy atom. The Balaban J connectivity index is 2.60. The van der Waals surface area contributed by atoms with Gasteiger partial charge in [-0.05, 0) is 24.5 Å². The molecule has 0 aromatic carbocycles. The smallest absolute Gasteiger partial charge is 0.328 e. The third kappa shape index (κ3) is 2.93. The predicted molar refractivity (Wildman–Crippen MR) is 48.0 cm³/mol. The van der Waals surface area contributed by atoms with Crippen molar-refractivity contribution in [3.8, 4) is 0 Å². The van der Waals surface area contributed by atoms with Crippen LogP contribution < -0.4 is 0 Å². The van der Waals surface area contributed by atoms with Gasteiger partial charge in [-0.3, -0.25) is 0 Å². The first-order valence-electron chi connectivity index (χ1n) is 3.65. The number of hydrogen-bond donors (Lipinski definition) is 1. The Labute approximate surface area is 75.8 Å². The van der Waals surface area contributed by atoms with Crippen molar-refractivity contribution in [3.63, 3.8) is 0 Å². The number of halogens is 1. The lowest BCUT2D eigenvalue weighted by Crippen LogP contribution is -1.90. The summed E-state index contributed by atoms with van der Waals surface area (Å²) in [5.41, 5.74) is 1.00. The van der Waals surface area contributed by atoms with Gasteiger partial charge in [-0.1, -0.05) is 23.8 Å². The molecule has 0 fully saturated rings. The molecule has 0 heterocycles. The molecule has 0 atom stereocenters. The number of allylic oxidation sites excluding steroid dienone is 5. The molecule has 0 bridgehead atoms. The number of carboxylic acids is 1. The van der Waals surface area contributed by atoms with E-state index in [0.29, 0.717) is 0 Å². The number of aliphatic carboxylic acids is 1. The highest BCUT2D eigenvalue weighted by Crippen LogP contribution is 2.21. The summed E-state index contributed by atoms with van der Waals surface area (Å²) in [6.45, 7) is 0. The molecule has 0 unspecified atom stereocenters. The van der Waals surface area contributed by atoms with Gasteiger partial charge in [0, 0.05) is 11.1 Å². The molecule has 1 aliphatic rings. The summed E-state index contributed by atoms with van der Waals surface area (Å²) in [6, 6.07) is 0. The zero-order chi connectivity index (χ0) is 8.97. The standard InChI is InChI=1S/C9H9ClO2/c10-8-4-1-7(2-5-8)3-6-9(11)12/h1,3-4,6H,2,5H2,(H,11,12)/b6-3+. The molecule has 12 heavy (non-hydrogen) atoms. The molecule has 0 aliphatic heterocycles. The van der Waals surface area contributed by atoms with E-state index in [-0.39, 0.29) is 0 Å². The quantitative estimate of drug-likeness (QED) is 0.670. The molecule has 64 valence electrons. The fraction of sp³-hybridized carbons (Fsp3) is 0.222. The van der Waals surface area contributed by atoms with Gasteiger partial charge in [-0.15, -0.1) is 0 Å². The molecule has 2 nitrogen and oxygen atoms in total. The van der Waals surface area contributed by atoms with Crippen LogP contribution in [0.2, 0.25) is 0 Å². The lowest BCUT2D eigenvalue weighted by atomic mass is 10.0. The van der Waals surface area contributed by atoms with Crippen molar-refractivity contribution in [2.45, 2.75) is 12.8 Å². The number of carbonyl (C=O) groups is 1. The highest BCUT2D eigenvalue weighted by molar-refractivity contribution is 6.29. The second-order valence-electron chi connectivity index (χ2n) is 2.53. The van der Waals surface area contributed by atoms with E-state index >= 15 is 0 Å². The predicted octanol–water partition coefficient (Wildman–Crippen LogP) is 2.47. The molecule has 3 heteroatoms. The molecular formula is C9H9ClO2. The number of carboxylic acid groups (broad SMARTS) is 1. The highest BCUT2D eigenvalue weighted by atomic mass is 35.5. The lowest BCUT2D eigenvalue weighted by molar-refractivity contribution is -0.131. The maximum Gasteiger partial charge on any atom is 0.328 e. The maximum atomic E-state index is 10.2. The third-order valence-corrected chi connectivity index (χ3v) is 1.89. The Morgan fingerprint density at radius 3 is 2.75 bits per heavy atom. The fourth-order valence-corrected chi connectivity index (χ4v) is 1.10. The van der Waals surface area contributed by atoms with Crippen LogP contribution in [-0.2, 0) is 4.79 Å². The first-order chi connectivity index (χ1) is 5.68. The normalized spacial score (nSPS) is 17.4. The second kappa shape index (κ2) is 4.12. The van der Waals surface area contributed by atoms with Crippen molar-refractivity contribution in [1.29, 1.82) is 0 Å². The molecule has 0 saturated heterocycles. The van der Waals surface area contributed by atoms with E-state index in [9.17, 15) is 4.79 Å². The zero-order valence-electron chi connectivity index (χ0n) is 6.46. The van der Waals surface area contributed by atoms with Crippen LogP contribution in [-0.4, -0.2) is 11.1 Å². The van der Waals surface area contributed by atoms with E-state index in [0.717, 1.165) is 29.5 Å². The molecule has 0 aromatic heterocycles. The van der Waals surface area contributed by atoms with Gasteiger partial charge < -0.3 is 5.11 Å². The molecule has 0 saturated carbocycles. The highest BCUT2D eigenvalue weighted by Gasteiger charge is 2.01. The van der Waals surface area contributed by atoms with Crippen LogP contribution in [0.15, 0.2) is 34.9 Å². The SMILES string of the molecule is O=C(O)/C=C/C1=CC=C(Cl)CC1. The topological polar surface area (TPSA) is 37.3 Å². The summed E-state index contributed by atoms with van der Waals surface area (Å²) >= 11 is 5.72. The van der Waals surface area contributed by atoms with Crippen LogP contribution in [0, 0.1) is 0 Å². The van der Waals surface area contributed by atoms with Crippen LogP contribution in [0.1, 0.15) is 12.8 Å². The van der Waals surface area contributed by atoms with Crippen LogP contribution in [0.5, 0.6) is 0 Å². The van der Waals surface area contributed by atoms with Crippen LogP contribution in [0.25, 0.3) is 0 Å². The summed E-state index contributed by atoms with van der Waals surface area (Å²) in [5.74, 6) is -0.920. The van der Waals surface area contributed by atoms with Gasteiger partial charge in [0.05, 0.1) is 0 Å². The molecule has 1 N–H and O–H groups in total. The van der Waals surface area contributed by atoms with E-state index in [4.69, 9.17) is 16.7 Å². The average molecular weight is 185 g/mol. The van der Waals surface area contributed by atoms with Gasteiger partial charge in [0.25, 0.3) is 0 Å². The van der Waals surface area contributed by atoms with Crippen molar-refractivity contribution in [1.82, 2.24) is 0 Å². The minimum atomic E-state index is -0.920. The van der Waals surface area contributed by atoms with E-state index < -0.39 is 5.97 Å². The number of rotatable bonds is 2. The van der Waals surface area contributed by atoms with Crippen molar-refractivity contribution in [2.75, 3.05) is 0 Å². The fourth-order valence-electron chi connectivity index (χ4n) is 0.945. The van der Waals surface area contributed by atoms with Gasteiger partial charge >= 0.3 is 5.97 Å². The minimum Gasteiger partial charge on any atom is -0.478 e. The van der Waals surface area contributed by atoms with E-state index in [1.807, 2.05) is 6.08 Å². The molecule has 0 spiro atoms. The number of hydrogen-bond acceptors (Lipinski definition) is 1. The van der Waals surface area contributed by atoms with Gasteiger partial charge in [-0.2, -0.15) is 0 Å². The Hall–Kier alpha value is -1.02. The average Bonchev–Trinajstić information content (AvgIpc) is 2.03. The van der Waals surface area contributed by atoms with Crippen LogP contribution in [0.3, 0.4) is 0 Å². The van der Waals surface area contributed by atoms with Crippen molar-refractivity contribution in [3.05, 3.63) is 34.9 Å². The first-order valence-corrected chi connectivity index (χ1v) is 4.02. The van der Waals surface area contributed by atoms with Crippen LogP contribution in [0.4, 0.5) is 0 Å². The largest absolute Gasteiger partial charge is 0.478 e. The monoisotopic (exact) mass is 184 g/mol. The van der Waals surface area contributed by atoms with E-state index in [1.54, 1.807) is 12.2 Å². The maximum absolute atomic E-state index is 10.2.